The minimum Gasteiger partial charge on any atom is -0.383 e. The van der Waals surface area contributed by atoms with E-state index in [2.05, 4.69) is 35.3 Å². The fraction of sp³-hybridized carbons (Fsp3) is 0.116. The van der Waals surface area contributed by atoms with Crippen molar-refractivity contribution in [2.75, 3.05) is 16.7 Å². The molecule has 0 aliphatic heterocycles. The number of halogens is 6. The maximum Gasteiger partial charge on any atom is 0.418 e. The predicted molar refractivity (Wildman–Crippen MR) is 234 cm³/mol. The fourth-order valence-corrected chi connectivity index (χ4v) is 8.09. The summed E-state index contributed by atoms with van der Waals surface area (Å²) in [7, 11) is -3.94. The van der Waals surface area contributed by atoms with Crippen LogP contribution < -0.4 is 21.1 Å². The summed E-state index contributed by atoms with van der Waals surface area (Å²) >= 11 is 2.83. The maximum absolute atomic E-state index is 14.1. The molecule has 8 rings (SSSR count). The summed E-state index contributed by atoms with van der Waals surface area (Å²) < 4.78 is 110. The Bertz CT molecular complexity index is 3080. The minimum absolute atomic E-state index is 0.0403. The number of nitrogen functional groups attached to an aromatic ring is 1. The van der Waals surface area contributed by atoms with Crippen LogP contribution in [-0.4, -0.2) is 46.4 Å². The number of carbonyl (C=O) groups is 2. The van der Waals surface area contributed by atoms with Crippen LogP contribution in [0.3, 0.4) is 0 Å². The molecular formula is C43H32F6N8O4S3. The molecule has 8 aromatic rings. The highest BCUT2D eigenvalue weighted by Gasteiger charge is 2.36. The Balaban J connectivity index is 0.000000193. The second-order valence-electron chi connectivity index (χ2n) is 13.8. The molecule has 12 nitrogen and oxygen atoms in total. The highest BCUT2D eigenvalue weighted by molar-refractivity contribution is 7.92. The molecule has 0 saturated carbocycles. The van der Waals surface area contributed by atoms with Crippen LogP contribution >= 0.6 is 22.7 Å². The van der Waals surface area contributed by atoms with E-state index >= 15 is 0 Å². The van der Waals surface area contributed by atoms with Gasteiger partial charge in [0.15, 0.2) is 5.82 Å². The number of anilines is 2. The van der Waals surface area contributed by atoms with E-state index < -0.39 is 73.8 Å². The molecule has 64 heavy (non-hydrogen) atoms. The first-order valence-electron chi connectivity index (χ1n) is 18.7. The van der Waals surface area contributed by atoms with E-state index in [1.54, 1.807) is 72.8 Å². The van der Waals surface area contributed by atoms with Gasteiger partial charge in [-0.25, -0.2) is 28.4 Å². The molecule has 0 radical (unpaired) electrons. The first-order valence-corrected chi connectivity index (χ1v) is 22.3. The molecule has 4 aromatic carbocycles. The summed E-state index contributed by atoms with van der Waals surface area (Å²) in [4.78, 5) is 42.5. The number of nitrogens with one attached hydrogen (secondary N) is 3. The second kappa shape index (κ2) is 18.4. The van der Waals surface area contributed by atoms with Crippen molar-refractivity contribution < 1.29 is 44.3 Å². The van der Waals surface area contributed by atoms with Gasteiger partial charge in [0.25, 0.3) is 11.8 Å². The summed E-state index contributed by atoms with van der Waals surface area (Å²) in [6.45, 7) is 0.336. The highest BCUT2D eigenvalue weighted by Crippen LogP contribution is 2.40. The molecule has 4 aromatic heterocycles. The van der Waals surface area contributed by atoms with Crippen LogP contribution in [0.2, 0.25) is 0 Å². The predicted octanol–water partition coefficient (Wildman–Crippen LogP) is 9.57. The molecular weight excluding hydrogens is 903 g/mol. The normalized spacial score (nSPS) is 11.8. The van der Waals surface area contributed by atoms with Crippen LogP contribution in [0.25, 0.3) is 44.1 Å². The largest absolute Gasteiger partial charge is 0.418 e. The molecule has 0 aliphatic carbocycles. The molecule has 21 heteroatoms. The molecule has 328 valence electrons. The average molecular weight is 935 g/mol. The summed E-state index contributed by atoms with van der Waals surface area (Å²) in [5.74, 6) is -3.14. The lowest BCUT2D eigenvalue weighted by Gasteiger charge is -2.16. The maximum atomic E-state index is 14.1. The van der Waals surface area contributed by atoms with Gasteiger partial charge in [-0.3, -0.25) is 14.3 Å². The third-order valence-corrected chi connectivity index (χ3v) is 11.5. The molecule has 0 aliphatic rings. The standard InChI is InChI=1S/C22H17F3N4O3S2.C21H15F3N4OS/c1-34(31,32)29-19-16-10-14(13-6-3-2-4-7-13)11-17(22(23,24)25)18(16)27-20(28-19)21(30)26-12-15-8-5-9-33-15;22-21(23,24)16-10-13(12-5-2-1-3-6-12)9-15-17(16)27-19(28-18(15)25)20(29)26-11-14-7-4-8-30-14/h2-11H,12H2,1H3,(H,26,30)(H,27,28,29);1-10H,11H2,(H,26,29)(H2,25,27,28). The van der Waals surface area contributed by atoms with Crippen molar-refractivity contribution in [2.24, 2.45) is 0 Å². The van der Waals surface area contributed by atoms with Gasteiger partial charge in [-0.1, -0.05) is 72.8 Å². The Hall–Kier alpha value is -6.97. The summed E-state index contributed by atoms with van der Waals surface area (Å²) in [6, 6.07) is 28.9. The smallest absolute Gasteiger partial charge is 0.383 e. The van der Waals surface area contributed by atoms with Gasteiger partial charge in [0.2, 0.25) is 21.7 Å². The number of rotatable bonds is 10. The van der Waals surface area contributed by atoms with E-state index in [1.807, 2.05) is 22.9 Å². The van der Waals surface area contributed by atoms with E-state index in [0.29, 0.717) is 16.7 Å². The van der Waals surface area contributed by atoms with Gasteiger partial charge in [0.1, 0.15) is 5.82 Å². The van der Waals surface area contributed by atoms with Gasteiger partial charge in [0, 0.05) is 20.5 Å². The van der Waals surface area contributed by atoms with E-state index in [9.17, 15) is 44.3 Å². The number of amides is 2. The Morgan fingerprint density at radius 1 is 0.594 bits per heavy atom. The number of nitrogens with zero attached hydrogens (tertiary/aromatic N) is 4. The van der Waals surface area contributed by atoms with Gasteiger partial charge in [-0.15, -0.1) is 22.7 Å². The number of carbonyl (C=O) groups excluding carboxylic acids is 2. The number of hydrogen-bond donors (Lipinski definition) is 4. The highest BCUT2D eigenvalue weighted by atomic mass is 32.2. The third kappa shape index (κ3) is 10.8. The first-order chi connectivity index (χ1) is 30.3. The molecule has 4 heterocycles. The number of thiophene rings is 2. The van der Waals surface area contributed by atoms with Crippen molar-refractivity contribution >= 4 is 78.0 Å². The van der Waals surface area contributed by atoms with Crippen molar-refractivity contribution in [1.29, 1.82) is 0 Å². The topological polar surface area (TPSA) is 182 Å². The quantitative estimate of drug-likeness (QED) is 0.0971. The van der Waals surface area contributed by atoms with Crippen LogP contribution in [0.5, 0.6) is 0 Å². The molecule has 2 amide bonds. The minimum atomic E-state index is -4.83. The molecule has 0 bridgehead atoms. The zero-order valence-electron chi connectivity index (χ0n) is 33.0. The van der Waals surface area contributed by atoms with Gasteiger partial charge in [0.05, 0.1) is 41.5 Å². The van der Waals surface area contributed by atoms with E-state index in [1.165, 1.54) is 34.8 Å². The Kier molecular flexibility index (Phi) is 13.0. The van der Waals surface area contributed by atoms with Crippen LogP contribution in [-0.2, 0) is 35.5 Å². The Morgan fingerprint density at radius 3 is 1.45 bits per heavy atom. The molecule has 0 atom stereocenters. The van der Waals surface area contributed by atoms with E-state index in [4.69, 9.17) is 5.73 Å². The molecule has 0 fully saturated rings. The SMILES string of the molecule is CS(=O)(=O)Nc1nc(C(=O)NCc2cccs2)nc2c(C(F)(F)F)cc(-c3ccccc3)cc12.Nc1nc(C(=O)NCc2cccs2)nc2c(C(F)(F)F)cc(-c3ccccc3)cc12. The number of nitrogens with two attached hydrogens (primary N) is 1. The lowest BCUT2D eigenvalue weighted by Crippen LogP contribution is -2.26. The van der Waals surface area contributed by atoms with Crippen LogP contribution in [0.15, 0.2) is 120 Å². The number of sulfonamides is 1. The van der Waals surface area contributed by atoms with Crippen molar-refractivity contribution in [3.8, 4) is 22.3 Å². The second-order valence-corrected chi connectivity index (χ2v) is 17.6. The van der Waals surface area contributed by atoms with Gasteiger partial charge >= 0.3 is 12.4 Å². The molecule has 0 spiro atoms. The summed E-state index contributed by atoms with van der Waals surface area (Å²) in [5.41, 5.74) is 4.47. The molecule has 0 saturated heterocycles. The fourth-order valence-electron chi connectivity index (χ4n) is 6.29. The molecule has 0 unspecified atom stereocenters. The first kappa shape index (κ1) is 45.1. The summed E-state index contributed by atoms with van der Waals surface area (Å²) in [5, 5.41) is 8.65. The van der Waals surface area contributed by atoms with Crippen LogP contribution in [0.4, 0.5) is 38.0 Å². The van der Waals surface area contributed by atoms with Gasteiger partial charge in [-0.2, -0.15) is 26.3 Å². The van der Waals surface area contributed by atoms with E-state index in [-0.39, 0.29) is 35.2 Å². The third-order valence-electron chi connectivity index (χ3n) is 9.15. The Labute approximate surface area is 368 Å². The lowest BCUT2D eigenvalue weighted by molar-refractivity contribution is -0.137. The van der Waals surface area contributed by atoms with Gasteiger partial charge < -0.3 is 16.4 Å². The van der Waals surface area contributed by atoms with Crippen molar-refractivity contribution in [3.63, 3.8) is 0 Å². The summed E-state index contributed by atoms with van der Waals surface area (Å²) in [6.07, 6.45) is -8.68. The number of benzene rings is 4. The monoisotopic (exact) mass is 934 g/mol. The number of hydrogen-bond acceptors (Lipinski definition) is 11. The zero-order valence-corrected chi connectivity index (χ0v) is 35.4. The van der Waals surface area contributed by atoms with Crippen LogP contribution in [0, 0.1) is 0 Å². The van der Waals surface area contributed by atoms with Crippen molar-refractivity contribution in [2.45, 2.75) is 25.4 Å². The molecule has 5 N–H and O–H groups in total. The van der Waals surface area contributed by atoms with Gasteiger partial charge in [-0.05, 0) is 69.4 Å². The van der Waals surface area contributed by atoms with Crippen molar-refractivity contribution in [1.82, 2.24) is 30.6 Å². The number of aromatic nitrogens is 4. The Morgan fingerprint density at radius 2 is 1.03 bits per heavy atom. The van der Waals surface area contributed by atoms with Crippen molar-refractivity contribution in [3.05, 3.63) is 152 Å². The lowest BCUT2D eigenvalue weighted by atomic mass is 9.99. The van der Waals surface area contributed by atoms with Crippen LogP contribution in [0.1, 0.15) is 42.1 Å². The average Bonchev–Trinajstić information content (AvgIpc) is 3.99. The number of alkyl halides is 6. The zero-order chi connectivity index (χ0) is 45.8. The number of fused-ring (bicyclic) bond motifs is 2. The van der Waals surface area contributed by atoms with E-state index in [0.717, 1.165) is 28.1 Å².